The first kappa shape index (κ1) is 26.4. The quantitative estimate of drug-likeness (QED) is 0.196. The largest absolute Gasteiger partial charge is 0.436 e. The zero-order valence-corrected chi connectivity index (χ0v) is 24.2. The van der Waals surface area contributed by atoms with Crippen LogP contribution in [0.2, 0.25) is 0 Å². The minimum Gasteiger partial charge on any atom is -0.436 e. The molecule has 2 aromatic heterocycles. The van der Waals surface area contributed by atoms with Crippen molar-refractivity contribution >= 4 is 11.1 Å². The highest BCUT2D eigenvalue weighted by Gasteiger charge is 2.14. The Morgan fingerprint density at radius 3 is 1.22 bits per heavy atom. The van der Waals surface area contributed by atoms with Gasteiger partial charge in [-0.3, -0.25) is 0 Å². The van der Waals surface area contributed by atoms with E-state index in [0.717, 1.165) is 50.0 Å². The number of hydrogen-bond acceptors (Lipinski definition) is 5. The van der Waals surface area contributed by atoms with Crippen LogP contribution in [0.15, 0.2) is 162 Å². The second-order valence-corrected chi connectivity index (χ2v) is 10.8. The summed E-state index contributed by atoms with van der Waals surface area (Å²) in [5, 5.41) is 0. The molecule has 0 spiro atoms. The van der Waals surface area contributed by atoms with Crippen molar-refractivity contribution in [3.63, 3.8) is 0 Å². The number of nitrogens with zero attached hydrogens (tertiary/aromatic N) is 4. The Bertz CT molecular complexity index is 2230. The van der Waals surface area contributed by atoms with Crippen LogP contribution < -0.4 is 0 Å². The van der Waals surface area contributed by atoms with E-state index in [4.69, 9.17) is 19.4 Å². The molecule has 8 aromatic rings. The van der Waals surface area contributed by atoms with Crippen molar-refractivity contribution in [2.24, 2.45) is 0 Å². The molecule has 0 saturated heterocycles. The molecule has 0 fully saturated rings. The first-order chi connectivity index (χ1) is 22.3. The topological polar surface area (TPSA) is 64.7 Å². The lowest BCUT2D eigenvalue weighted by Crippen LogP contribution is -2.00. The normalized spacial score (nSPS) is 11.1. The molecule has 5 heteroatoms. The molecule has 0 atom stereocenters. The molecule has 45 heavy (non-hydrogen) atoms. The van der Waals surface area contributed by atoms with Crippen LogP contribution >= 0.6 is 0 Å². The van der Waals surface area contributed by atoms with E-state index >= 15 is 0 Å². The molecule has 8 rings (SSSR count). The van der Waals surface area contributed by atoms with Crippen molar-refractivity contribution in [1.29, 1.82) is 0 Å². The van der Waals surface area contributed by atoms with Gasteiger partial charge in [0.05, 0.1) is 0 Å². The summed E-state index contributed by atoms with van der Waals surface area (Å²) in [6, 6.07) is 53.1. The van der Waals surface area contributed by atoms with Crippen LogP contribution in [0.5, 0.6) is 0 Å². The molecule has 0 saturated carbocycles. The highest BCUT2D eigenvalue weighted by atomic mass is 16.3. The Balaban J connectivity index is 1.14. The van der Waals surface area contributed by atoms with Crippen molar-refractivity contribution in [2.75, 3.05) is 0 Å². The summed E-state index contributed by atoms with van der Waals surface area (Å²) in [7, 11) is 0. The number of benzene rings is 6. The van der Waals surface area contributed by atoms with Gasteiger partial charge in [-0.15, -0.1) is 0 Å². The lowest BCUT2D eigenvalue weighted by molar-refractivity contribution is 0.620. The fourth-order valence-corrected chi connectivity index (χ4v) is 5.41. The van der Waals surface area contributed by atoms with E-state index in [1.165, 1.54) is 5.56 Å². The fourth-order valence-electron chi connectivity index (χ4n) is 5.41. The molecule has 0 aliphatic heterocycles. The third kappa shape index (κ3) is 5.39. The van der Waals surface area contributed by atoms with Crippen molar-refractivity contribution in [3.8, 4) is 67.9 Å². The molecule has 0 aliphatic rings. The van der Waals surface area contributed by atoms with Crippen LogP contribution in [0.1, 0.15) is 0 Å². The number of aromatic nitrogens is 4. The Labute approximate surface area is 260 Å². The summed E-state index contributed by atoms with van der Waals surface area (Å²) < 4.78 is 6.11. The standard InChI is InChI=1S/C40H26N4O/c1-4-10-27(11-5-1)28-16-20-31(21-17-28)38-42-37(30-12-6-2-7-13-30)43-39(44-38)32-22-18-29(19-23-32)34-24-25-35-36(26-34)45-40(41-35)33-14-8-3-9-15-33/h1-26H. The van der Waals surface area contributed by atoms with E-state index in [0.29, 0.717) is 23.4 Å². The van der Waals surface area contributed by atoms with Gasteiger partial charge in [0.25, 0.3) is 0 Å². The molecule has 0 amide bonds. The van der Waals surface area contributed by atoms with Gasteiger partial charge in [-0.2, -0.15) is 0 Å². The van der Waals surface area contributed by atoms with Gasteiger partial charge >= 0.3 is 0 Å². The van der Waals surface area contributed by atoms with Gasteiger partial charge < -0.3 is 4.42 Å². The lowest BCUT2D eigenvalue weighted by atomic mass is 10.0. The number of rotatable bonds is 6. The highest BCUT2D eigenvalue weighted by Crippen LogP contribution is 2.31. The molecule has 0 N–H and O–H groups in total. The predicted octanol–water partition coefficient (Wildman–Crippen LogP) is 10.0. The minimum absolute atomic E-state index is 0.618. The van der Waals surface area contributed by atoms with E-state index in [1.54, 1.807) is 0 Å². The van der Waals surface area contributed by atoms with Gasteiger partial charge in [0, 0.05) is 22.3 Å². The van der Waals surface area contributed by atoms with Gasteiger partial charge in [0.15, 0.2) is 23.1 Å². The van der Waals surface area contributed by atoms with Crippen molar-refractivity contribution in [1.82, 2.24) is 19.9 Å². The van der Waals surface area contributed by atoms with Gasteiger partial charge in [-0.25, -0.2) is 19.9 Å². The summed E-state index contributed by atoms with van der Waals surface area (Å²) in [6.07, 6.45) is 0. The summed E-state index contributed by atoms with van der Waals surface area (Å²) in [4.78, 5) is 19.4. The summed E-state index contributed by atoms with van der Waals surface area (Å²) in [6.45, 7) is 0. The van der Waals surface area contributed by atoms with E-state index in [9.17, 15) is 0 Å². The van der Waals surface area contributed by atoms with Crippen LogP contribution in [0.4, 0.5) is 0 Å². The summed E-state index contributed by atoms with van der Waals surface area (Å²) in [5.41, 5.74) is 9.75. The van der Waals surface area contributed by atoms with Gasteiger partial charge in [-0.05, 0) is 46.5 Å². The van der Waals surface area contributed by atoms with Crippen LogP contribution in [-0.2, 0) is 0 Å². The van der Waals surface area contributed by atoms with Crippen LogP contribution in [0.3, 0.4) is 0 Å². The monoisotopic (exact) mass is 578 g/mol. The molecule has 2 heterocycles. The zero-order valence-electron chi connectivity index (χ0n) is 24.2. The van der Waals surface area contributed by atoms with E-state index < -0.39 is 0 Å². The van der Waals surface area contributed by atoms with Crippen molar-refractivity contribution in [2.45, 2.75) is 0 Å². The average Bonchev–Trinajstić information content (AvgIpc) is 3.57. The third-order valence-electron chi connectivity index (χ3n) is 7.80. The molecule has 6 aromatic carbocycles. The maximum atomic E-state index is 6.11. The molecule has 0 radical (unpaired) electrons. The number of oxazole rings is 1. The van der Waals surface area contributed by atoms with Crippen molar-refractivity contribution in [3.05, 3.63) is 158 Å². The number of hydrogen-bond donors (Lipinski definition) is 0. The highest BCUT2D eigenvalue weighted by molar-refractivity contribution is 5.83. The Hall–Kier alpha value is -6.20. The first-order valence-electron chi connectivity index (χ1n) is 14.8. The molecular weight excluding hydrogens is 552 g/mol. The second kappa shape index (κ2) is 11.5. The molecular formula is C40H26N4O. The average molecular weight is 579 g/mol. The summed E-state index contributed by atoms with van der Waals surface area (Å²) in [5.74, 6) is 2.51. The van der Waals surface area contributed by atoms with Crippen LogP contribution in [0, 0.1) is 0 Å². The Morgan fingerprint density at radius 1 is 0.311 bits per heavy atom. The number of fused-ring (bicyclic) bond motifs is 1. The third-order valence-corrected chi connectivity index (χ3v) is 7.80. The summed E-state index contributed by atoms with van der Waals surface area (Å²) >= 11 is 0. The first-order valence-corrected chi connectivity index (χ1v) is 14.8. The predicted molar refractivity (Wildman–Crippen MR) is 180 cm³/mol. The minimum atomic E-state index is 0.618. The van der Waals surface area contributed by atoms with E-state index in [2.05, 4.69) is 71.7 Å². The Morgan fingerprint density at radius 2 is 0.689 bits per heavy atom. The van der Waals surface area contributed by atoms with Crippen LogP contribution in [-0.4, -0.2) is 19.9 Å². The van der Waals surface area contributed by atoms with Gasteiger partial charge in [0.1, 0.15) is 5.52 Å². The smallest absolute Gasteiger partial charge is 0.227 e. The SMILES string of the molecule is c1ccc(-c2ccc(-c3nc(-c4ccccc4)nc(-c4ccc(-c5ccc6nc(-c7ccccc7)oc6c5)cc4)n3)cc2)cc1. The molecule has 0 aliphatic carbocycles. The zero-order chi connectivity index (χ0) is 30.0. The fraction of sp³-hybridized carbons (Fsp3) is 0. The molecule has 5 nitrogen and oxygen atoms in total. The molecule has 0 bridgehead atoms. The van der Waals surface area contributed by atoms with Crippen molar-refractivity contribution < 1.29 is 4.42 Å². The molecule has 212 valence electrons. The van der Waals surface area contributed by atoms with E-state index in [-0.39, 0.29) is 0 Å². The lowest BCUT2D eigenvalue weighted by Gasteiger charge is -2.10. The van der Waals surface area contributed by atoms with E-state index in [1.807, 2.05) is 91.0 Å². The van der Waals surface area contributed by atoms with Gasteiger partial charge in [-0.1, -0.05) is 133 Å². The maximum Gasteiger partial charge on any atom is 0.227 e. The second-order valence-electron chi connectivity index (χ2n) is 10.8. The maximum absolute atomic E-state index is 6.11. The van der Waals surface area contributed by atoms with Crippen LogP contribution in [0.25, 0.3) is 79.0 Å². The van der Waals surface area contributed by atoms with Gasteiger partial charge in [0.2, 0.25) is 5.89 Å². The molecule has 0 unspecified atom stereocenters. The Kier molecular flexibility index (Phi) is 6.74.